The van der Waals surface area contributed by atoms with Gasteiger partial charge < -0.3 is 12.4 Å². The molecule has 1 nitrogen and oxygen atoms in total. The summed E-state index contributed by atoms with van der Waals surface area (Å²) in [6, 6.07) is 0.647. The molecule has 0 aromatic heterocycles. The second-order valence-corrected chi connectivity index (χ2v) is 1.77. The first-order chi connectivity index (χ1) is 2.27. The molecule has 0 radical (unpaired) electrons. The van der Waals surface area contributed by atoms with Gasteiger partial charge in [0.2, 0.25) is 0 Å². The number of hydrogen-bond acceptors (Lipinski definition) is 0. The number of hydrogen-bond donors (Lipinski definition) is 1. The smallest absolute Gasteiger partial charge is 1.00 e. The fourth-order valence-corrected chi connectivity index (χ4v) is 0. The van der Waals surface area contributed by atoms with Gasteiger partial charge in [0.25, 0.3) is 0 Å². The number of nitrogens with one attached hydrogen (secondary N) is 1. The first-order valence-corrected chi connectivity index (χ1v) is 2.50. The molecular formula is C3H9AlClN. The van der Waals surface area contributed by atoms with Gasteiger partial charge in [0.15, 0.2) is 0 Å². The molecule has 0 aliphatic carbocycles. The molecule has 0 fully saturated rings. The summed E-state index contributed by atoms with van der Waals surface area (Å²) in [6.07, 6.45) is 0. The van der Waals surface area contributed by atoms with Crippen molar-refractivity contribution in [1.29, 1.82) is 0 Å². The molecule has 0 saturated heterocycles. The van der Waals surface area contributed by atoms with Crippen molar-refractivity contribution in [2.24, 2.45) is 0 Å². The largest absolute Gasteiger partial charge is 1.00 e. The van der Waals surface area contributed by atoms with E-state index in [4.69, 9.17) is 0 Å². The second-order valence-electron chi connectivity index (χ2n) is 1.36. The Hall–Kier alpha value is 0.622. The maximum Gasteiger partial charge on any atom is -1.00 e. The molecule has 36 valence electrons. The third-order valence-electron chi connectivity index (χ3n) is 0.408. The zero-order valence-electron chi connectivity index (χ0n) is 4.16. The van der Waals surface area contributed by atoms with Gasteiger partial charge in [-0.05, 0) is 0 Å². The SMILES string of the molecule is CC(C)[NH+]=[AlH].[Cl-]. The normalized spacial score (nSPS) is 7.00. The standard InChI is InChI=1S/C3H8N.Al.ClH.H/c1-3(2)4;;;/h3-4H,1-2H3;;1H;/q-1;+2;;/p-1. The van der Waals surface area contributed by atoms with Gasteiger partial charge in [0.1, 0.15) is 0 Å². The molecule has 0 aromatic rings. The van der Waals surface area contributed by atoms with Crippen molar-refractivity contribution in [3.05, 3.63) is 0 Å². The van der Waals surface area contributed by atoms with E-state index in [1.165, 1.54) is 0 Å². The van der Waals surface area contributed by atoms with Crippen LogP contribution in [0.15, 0.2) is 0 Å². The first kappa shape index (κ1) is 9.80. The third-order valence-corrected chi connectivity index (χ3v) is 1.22. The van der Waals surface area contributed by atoms with Crippen LogP contribution in [0.4, 0.5) is 0 Å². The van der Waals surface area contributed by atoms with Crippen LogP contribution in [0.3, 0.4) is 0 Å². The van der Waals surface area contributed by atoms with E-state index < -0.39 is 0 Å². The average molecular weight is 122 g/mol. The van der Waals surface area contributed by atoms with E-state index >= 15 is 0 Å². The second kappa shape index (κ2) is 5.62. The zero-order valence-corrected chi connectivity index (χ0v) is 6.33. The summed E-state index contributed by atoms with van der Waals surface area (Å²) in [5, 5.41) is 0. The Bertz CT molecular complexity index is 37.8. The summed E-state index contributed by atoms with van der Waals surface area (Å²) in [5.74, 6) is 0. The third kappa shape index (κ3) is 8.82. The van der Waals surface area contributed by atoms with Crippen molar-refractivity contribution >= 4 is 16.1 Å². The molecule has 0 atom stereocenters. The molecule has 0 aliphatic heterocycles. The molecule has 3 heteroatoms. The predicted octanol–water partition coefficient (Wildman–Crippen LogP) is -4.44. The van der Waals surface area contributed by atoms with Crippen LogP contribution in [-0.2, 0) is 0 Å². The van der Waals surface area contributed by atoms with Crippen LogP contribution in [0, 0.1) is 0 Å². The topological polar surface area (TPSA) is 14.0 Å². The van der Waals surface area contributed by atoms with Crippen molar-refractivity contribution in [3.63, 3.8) is 0 Å². The Kier molecular flexibility index (Phi) is 9.18. The Morgan fingerprint density at radius 1 is 1.50 bits per heavy atom. The van der Waals surface area contributed by atoms with Crippen molar-refractivity contribution in [3.8, 4) is 0 Å². The van der Waals surface area contributed by atoms with Gasteiger partial charge >= 0.3 is 39.9 Å². The molecule has 0 saturated carbocycles. The molecule has 6 heavy (non-hydrogen) atoms. The number of halogens is 1. The molecule has 0 aromatic carbocycles. The van der Waals surface area contributed by atoms with Gasteiger partial charge in [-0.3, -0.25) is 0 Å². The van der Waals surface area contributed by atoms with Gasteiger partial charge in [-0.2, -0.15) is 0 Å². The van der Waals surface area contributed by atoms with Crippen molar-refractivity contribution in [2.45, 2.75) is 19.9 Å². The fourth-order valence-electron chi connectivity index (χ4n) is 0. The van der Waals surface area contributed by atoms with E-state index in [2.05, 4.69) is 17.8 Å². The van der Waals surface area contributed by atoms with Gasteiger partial charge in [-0.15, -0.1) is 0 Å². The minimum atomic E-state index is 0. The summed E-state index contributed by atoms with van der Waals surface area (Å²) in [4.78, 5) is 0. The summed E-state index contributed by atoms with van der Waals surface area (Å²) >= 11 is 1.78. The van der Waals surface area contributed by atoms with E-state index in [0.717, 1.165) is 0 Å². The Morgan fingerprint density at radius 3 is 1.67 bits per heavy atom. The summed E-state index contributed by atoms with van der Waals surface area (Å²) in [7, 11) is 0. The van der Waals surface area contributed by atoms with Crippen LogP contribution in [-0.4, -0.2) is 22.1 Å². The van der Waals surface area contributed by atoms with Gasteiger partial charge in [0.05, 0.1) is 0 Å². The molecule has 0 amide bonds. The zero-order chi connectivity index (χ0) is 4.28. The quantitative estimate of drug-likeness (QED) is 0.337. The van der Waals surface area contributed by atoms with Gasteiger partial charge in [-0.25, -0.2) is 0 Å². The predicted molar refractivity (Wildman–Crippen MR) is 23.2 cm³/mol. The van der Waals surface area contributed by atoms with E-state index in [1.54, 1.807) is 16.1 Å². The van der Waals surface area contributed by atoms with Crippen LogP contribution in [0.5, 0.6) is 0 Å². The van der Waals surface area contributed by atoms with Crippen LogP contribution >= 0.6 is 0 Å². The molecule has 0 rings (SSSR count). The molecule has 0 spiro atoms. The maximum atomic E-state index is 3.06. The van der Waals surface area contributed by atoms with Crippen molar-refractivity contribution < 1.29 is 16.3 Å². The van der Waals surface area contributed by atoms with Crippen LogP contribution in [0.25, 0.3) is 0 Å². The minimum absolute atomic E-state index is 0. The fraction of sp³-hybridized carbons (Fsp3) is 1.00. The van der Waals surface area contributed by atoms with Gasteiger partial charge in [0, 0.05) is 0 Å². The van der Waals surface area contributed by atoms with E-state index in [0.29, 0.717) is 6.04 Å². The van der Waals surface area contributed by atoms with E-state index in [1.807, 2.05) is 0 Å². The van der Waals surface area contributed by atoms with E-state index in [-0.39, 0.29) is 12.4 Å². The summed E-state index contributed by atoms with van der Waals surface area (Å²) in [5.41, 5.74) is 0. The average Bonchev–Trinajstić information content (AvgIpc) is 1.38. The molecule has 0 unspecified atom stereocenters. The summed E-state index contributed by atoms with van der Waals surface area (Å²) in [6.45, 7) is 4.24. The van der Waals surface area contributed by atoms with Crippen LogP contribution < -0.4 is 16.3 Å². The molecular weight excluding hydrogens is 112 g/mol. The van der Waals surface area contributed by atoms with E-state index in [9.17, 15) is 0 Å². The Labute approximate surface area is 52.8 Å². The minimum Gasteiger partial charge on any atom is -1.00 e. The molecule has 0 heterocycles. The number of rotatable bonds is 1. The van der Waals surface area contributed by atoms with Crippen molar-refractivity contribution in [2.75, 3.05) is 0 Å². The molecule has 0 aliphatic rings. The van der Waals surface area contributed by atoms with Crippen LogP contribution in [0.2, 0.25) is 0 Å². The van der Waals surface area contributed by atoms with Crippen LogP contribution in [0.1, 0.15) is 13.8 Å². The summed E-state index contributed by atoms with van der Waals surface area (Å²) < 4.78 is 3.06. The monoisotopic (exact) mass is 121 g/mol. The van der Waals surface area contributed by atoms with Crippen molar-refractivity contribution in [1.82, 2.24) is 0 Å². The maximum absolute atomic E-state index is 3.06. The molecule has 1 N–H and O–H groups in total. The first-order valence-electron chi connectivity index (χ1n) is 1.80. The molecule has 0 bridgehead atoms. The Morgan fingerprint density at radius 2 is 1.67 bits per heavy atom. The van der Waals surface area contributed by atoms with Gasteiger partial charge in [-0.1, -0.05) is 0 Å². The Balaban J connectivity index is 0.